The lowest BCUT2D eigenvalue weighted by Gasteiger charge is -2.37. The molecule has 5 nitrogen and oxygen atoms in total. The van der Waals surface area contributed by atoms with Crippen LogP contribution in [0.25, 0.3) is 0 Å². The van der Waals surface area contributed by atoms with Crippen LogP contribution in [0.3, 0.4) is 0 Å². The summed E-state index contributed by atoms with van der Waals surface area (Å²) in [7, 11) is 0. The summed E-state index contributed by atoms with van der Waals surface area (Å²) in [5.41, 5.74) is 6.03. The summed E-state index contributed by atoms with van der Waals surface area (Å²) >= 11 is 0. The zero-order valence-corrected chi connectivity index (χ0v) is 11.8. The van der Waals surface area contributed by atoms with Crippen LogP contribution in [0.4, 0.5) is 20.2 Å². The summed E-state index contributed by atoms with van der Waals surface area (Å²) in [5.74, 6) is -0.228. The number of hydrogen-bond donors (Lipinski definition) is 2. The van der Waals surface area contributed by atoms with E-state index in [9.17, 15) is 13.6 Å². The number of morpholine rings is 1. The summed E-state index contributed by atoms with van der Waals surface area (Å²) in [5, 5.41) is 2.70. The fraction of sp³-hybridized carbons (Fsp3) is 0.500. The van der Waals surface area contributed by atoms with Gasteiger partial charge in [-0.15, -0.1) is 0 Å². The molecule has 1 aromatic rings. The van der Waals surface area contributed by atoms with Crippen LogP contribution in [0, 0.1) is 0 Å². The van der Waals surface area contributed by atoms with E-state index in [1.54, 1.807) is 17.9 Å². The molecule has 3 N–H and O–H groups in total. The smallest absolute Gasteiger partial charge is 0.265 e. The van der Waals surface area contributed by atoms with E-state index in [4.69, 9.17) is 10.5 Å². The van der Waals surface area contributed by atoms with Gasteiger partial charge in [-0.25, -0.2) is 8.78 Å². The molecule has 1 saturated heterocycles. The van der Waals surface area contributed by atoms with Gasteiger partial charge in [0.1, 0.15) is 6.04 Å². The van der Waals surface area contributed by atoms with Gasteiger partial charge in [0.25, 0.3) is 6.43 Å². The molecule has 7 heteroatoms. The van der Waals surface area contributed by atoms with E-state index in [1.165, 1.54) is 12.1 Å². The van der Waals surface area contributed by atoms with Crippen molar-refractivity contribution in [3.05, 3.63) is 23.8 Å². The molecule has 0 saturated carbocycles. The van der Waals surface area contributed by atoms with Crippen molar-refractivity contribution in [1.82, 2.24) is 5.32 Å². The first-order chi connectivity index (χ1) is 10.0. The fourth-order valence-electron chi connectivity index (χ4n) is 2.41. The van der Waals surface area contributed by atoms with Crippen LogP contribution in [-0.2, 0) is 9.53 Å². The lowest BCUT2D eigenvalue weighted by Crippen LogP contribution is -2.54. The van der Waals surface area contributed by atoms with Crippen molar-refractivity contribution in [2.75, 3.05) is 36.9 Å². The minimum Gasteiger partial charge on any atom is -0.399 e. The Morgan fingerprint density at radius 1 is 1.57 bits per heavy atom. The molecule has 116 valence electrons. The molecule has 1 atom stereocenters. The Morgan fingerprint density at radius 3 is 3.00 bits per heavy atom. The topological polar surface area (TPSA) is 67.6 Å². The summed E-state index contributed by atoms with van der Waals surface area (Å²) < 4.78 is 31.8. The number of nitrogen functional groups attached to an aromatic ring is 1. The predicted octanol–water partition coefficient (Wildman–Crippen LogP) is 1.55. The third kappa shape index (κ3) is 3.41. The van der Waals surface area contributed by atoms with Gasteiger partial charge in [-0.3, -0.25) is 4.79 Å². The Bertz CT molecular complexity index is 511. The molecule has 1 unspecified atom stereocenters. The van der Waals surface area contributed by atoms with Gasteiger partial charge in [-0.1, -0.05) is 0 Å². The zero-order chi connectivity index (χ0) is 15.4. The maximum atomic E-state index is 13.2. The third-order valence-corrected chi connectivity index (χ3v) is 3.38. The molecule has 0 spiro atoms. The molecule has 0 aliphatic carbocycles. The number of carbonyl (C=O) groups excluding carboxylic acids is 1. The SMILES string of the molecule is CCNC(=O)C1COCCN1c1ccc(N)cc1C(F)F. The highest BCUT2D eigenvalue weighted by Gasteiger charge is 2.31. The Morgan fingerprint density at radius 2 is 2.33 bits per heavy atom. The highest BCUT2D eigenvalue weighted by Crippen LogP contribution is 2.33. The highest BCUT2D eigenvalue weighted by molar-refractivity contribution is 5.86. The molecule has 1 aromatic carbocycles. The van der Waals surface area contributed by atoms with Crippen LogP contribution >= 0.6 is 0 Å². The zero-order valence-electron chi connectivity index (χ0n) is 11.8. The summed E-state index contributed by atoms with van der Waals surface area (Å²) in [6.45, 7) is 3.24. The Hall–Kier alpha value is -1.89. The lowest BCUT2D eigenvalue weighted by atomic mass is 10.1. The number of alkyl halides is 2. The number of ether oxygens (including phenoxy) is 1. The lowest BCUT2D eigenvalue weighted by molar-refractivity contribution is -0.124. The van der Waals surface area contributed by atoms with Crippen LogP contribution in [0.15, 0.2) is 18.2 Å². The Kier molecular flexibility index (Phi) is 4.95. The number of nitrogens with two attached hydrogens (primary N) is 1. The molecule has 2 rings (SSSR count). The minimum absolute atomic E-state index is 0.161. The molecular formula is C14H19F2N3O2. The van der Waals surface area contributed by atoms with Gasteiger partial charge < -0.3 is 20.7 Å². The quantitative estimate of drug-likeness (QED) is 0.828. The second kappa shape index (κ2) is 6.71. The van der Waals surface area contributed by atoms with Crippen LogP contribution in [0.2, 0.25) is 0 Å². The van der Waals surface area contributed by atoms with E-state index < -0.39 is 12.5 Å². The highest BCUT2D eigenvalue weighted by atomic mass is 19.3. The van der Waals surface area contributed by atoms with E-state index in [-0.39, 0.29) is 23.8 Å². The first-order valence-electron chi connectivity index (χ1n) is 6.84. The van der Waals surface area contributed by atoms with Crippen molar-refractivity contribution in [1.29, 1.82) is 0 Å². The monoisotopic (exact) mass is 299 g/mol. The van der Waals surface area contributed by atoms with E-state index in [0.717, 1.165) is 0 Å². The van der Waals surface area contributed by atoms with Crippen molar-refractivity contribution in [3.63, 3.8) is 0 Å². The standard InChI is InChI=1S/C14H19F2N3O2/c1-2-18-14(20)12-8-21-6-5-19(12)11-4-3-9(17)7-10(11)13(15)16/h3-4,7,12-13H,2,5-6,8,17H2,1H3,(H,18,20). The van der Waals surface area contributed by atoms with Crippen molar-refractivity contribution in [3.8, 4) is 0 Å². The molecule has 1 amide bonds. The summed E-state index contributed by atoms with van der Waals surface area (Å²) in [6.07, 6.45) is -2.65. The molecule has 1 heterocycles. The Labute approximate surface area is 122 Å². The van der Waals surface area contributed by atoms with Crippen molar-refractivity contribution >= 4 is 17.3 Å². The molecule has 0 radical (unpaired) electrons. The van der Waals surface area contributed by atoms with Gasteiger partial charge >= 0.3 is 0 Å². The van der Waals surface area contributed by atoms with Crippen LogP contribution < -0.4 is 16.0 Å². The number of amides is 1. The van der Waals surface area contributed by atoms with Gasteiger partial charge in [0.05, 0.1) is 13.2 Å². The van der Waals surface area contributed by atoms with Crippen LogP contribution in [0.1, 0.15) is 18.9 Å². The van der Waals surface area contributed by atoms with E-state index >= 15 is 0 Å². The van der Waals surface area contributed by atoms with Gasteiger partial charge in [-0.2, -0.15) is 0 Å². The number of nitrogens with zero attached hydrogens (tertiary/aromatic N) is 1. The number of anilines is 2. The molecule has 0 aromatic heterocycles. The maximum absolute atomic E-state index is 13.2. The van der Waals surface area contributed by atoms with Crippen molar-refractivity contribution < 1.29 is 18.3 Å². The number of hydrogen-bond acceptors (Lipinski definition) is 4. The van der Waals surface area contributed by atoms with Crippen molar-refractivity contribution in [2.24, 2.45) is 0 Å². The molecular weight excluding hydrogens is 280 g/mol. The van der Waals surface area contributed by atoms with Gasteiger partial charge in [0, 0.05) is 30.0 Å². The summed E-state index contributed by atoms with van der Waals surface area (Å²) in [6, 6.07) is 3.74. The number of rotatable bonds is 4. The van der Waals surface area contributed by atoms with E-state index in [0.29, 0.717) is 25.4 Å². The van der Waals surface area contributed by atoms with Crippen LogP contribution in [0.5, 0.6) is 0 Å². The van der Waals surface area contributed by atoms with Crippen molar-refractivity contribution in [2.45, 2.75) is 19.4 Å². The molecule has 1 aliphatic heterocycles. The molecule has 1 aliphatic rings. The van der Waals surface area contributed by atoms with Gasteiger partial charge in [0.2, 0.25) is 5.91 Å². The van der Waals surface area contributed by atoms with Crippen LogP contribution in [-0.4, -0.2) is 38.3 Å². The summed E-state index contributed by atoms with van der Waals surface area (Å²) in [4.78, 5) is 13.7. The second-order valence-electron chi connectivity index (χ2n) is 4.80. The predicted molar refractivity (Wildman–Crippen MR) is 76.4 cm³/mol. The number of benzene rings is 1. The van der Waals surface area contributed by atoms with Gasteiger partial charge in [0.15, 0.2) is 0 Å². The number of nitrogens with one attached hydrogen (secondary N) is 1. The maximum Gasteiger partial charge on any atom is 0.265 e. The largest absolute Gasteiger partial charge is 0.399 e. The normalized spacial score (nSPS) is 18.9. The Balaban J connectivity index is 2.35. The first kappa shape index (κ1) is 15.5. The average molecular weight is 299 g/mol. The minimum atomic E-state index is -2.65. The second-order valence-corrected chi connectivity index (χ2v) is 4.80. The van der Waals surface area contributed by atoms with Gasteiger partial charge in [-0.05, 0) is 25.1 Å². The molecule has 0 bridgehead atoms. The molecule has 21 heavy (non-hydrogen) atoms. The third-order valence-electron chi connectivity index (χ3n) is 3.38. The van der Waals surface area contributed by atoms with E-state index in [2.05, 4.69) is 5.32 Å². The van der Waals surface area contributed by atoms with E-state index in [1.807, 2.05) is 0 Å². The molecule has 1 fully saturated rings. The average Bonchev–Trinajstić information content (AvgIpc) is 2.47. The number of halogens is 2. The number of carbonyl (C=O) groups is 1. The first-order valence-corrected chi connectivity index (χ1v) is 6.84. The number of likely N-dealkylation sites (N-methyl/N-ethyl adjacent to an activating group) is 1. The fourth-order valence-corrected chi connectivity index (χ4v) is 2.41.